The molecule has 24 heavy (non-hydrogen) atoms. The van der Waals surface area contributed by atoms with Gasteiger partial charge >= 0.3 is 0 Å². The van der Waals surface area contributed by atoms with Gasteiger partial charge in [-0.05, 0) is 38.5 Å². The van der Waals surface area contributed by atoms with Gasteiger partial charge in [0.2, 0.25) is 11.5 Å². The van der Waals surface area contributed by atoms with Crippen molar-refractivity contribution in [3.05, 3.63) is 35.6 Å². The first kappa shape index (κ1) is 17.9. The highest BCUT2D eigenvalue weighted by molar-refractivity contribution is 6.05. The Labute approximate surface area is 140 Å². The van der Waals surface area contributed by atoms with Gasteiger partial charge in [0.25, 0.3) is 5.91 Å². The molecule has 0 aromatic heterocycles. The third-order valence-electron chi connectivity index (χ3n) is 3.61. The van der Waals surface area contributed by atoms with E-state index in [9.17, 15) is 14.0 Å². The molecule has 2 rings (SSSR count). The first-order valence-electron chi connectivity index (χ1n) is 7.89. The first-order valence-corrected chi connectivity index (χ1v) is 7.89. The molecule has 7 heteroatoms. The Morgan fingerprint density at radius 2 is 2.00 bits per heavy atom. The molecule has 2 amide bonds. The van der Waals surface area contributed by atoms with Gasteiger partial charge < -0.3 is 15.5 Å². The molecule has 0 radical (unpaired) electrons. The molecule has 1 aliphatic rings. The third-order valence-corrected chi connectivity index (χ3v) is 3.61. The predicted molar refractivity (Wildman–Crippen MR) is 87.9 cm³/mol. The molecule has 2 N–H and O–H groups in total. The minimum absolute atomic E-state index is 0.0653. The molecular weight excluding hydrogens is 313 g/mol. The van der Waals surface area contributed by atoms with Crippen LogP contribution in [0.15, 0.2) is 29.4 Å². The molecule has 130 valence electrons. The van der Waals surface area contributed by atoms with E-state index >= 15 is 0 Å². The molecule has 1 heterocycles. The number of hydrogen-bond acceptors (Lipinski definition) is 4. The van der Waals surface area contributed by atoms with Crippen LogP contribution in [0.4, 0.5) is 4.39 Å². The van der Waals surface area contributed by atoms with Gasteiger partial charge in [0.1, 0.15) is 5.82 Å². The second-order valence-corrected chi connectivity index (χ2v) is 6.27. The highest BCUT2D eigenvalue weighted by Crippen LogP contribution is 2.26. The molecule has 0 unspecified atom stereocenters. The van der Waals surface area contributed by atoms with Crippen molar-refractivity contribution in [2.24, 2.45) is 5.16 Å². The number of benzene rings is 1. The van der Waals surface area contributed by atoms with Crippen LogP contribution < -0.4 is 10.6 Å². The van der Waals surface area contributed by atoms with E-state index in [1.807, 2.05) is 13.8 Å². The van der Waals surface area contributed by atoms with E-state index in [-0.39, 0.29) is 43.1 Å². The zero-order valence-electron chi connectivity index (χ0n) is 14.1. The fraction of sp³-hybridized carbons (Fsp3) is 0.471. The summed E-state index contributed by atoms with van der Waals surface area (Å²) in [5, 5.41) is 9.39. The largest absolute Gasteiger partial charge is 0.379 e. The molecule has 0 spiro atoms. The highest BCUT2D eigenvalue weighted by atomic mass is 19.1. The summed E-state index contributed by atoms with van der Waals surface area (Å²) < 4.78 is 13.0. The topological polar surface area (TPSA) is 79.8 Å². The fourth-order valence-corrected chi connectivity index (χ4v) is 2.33. The number of rotatable bonds is 6. The lowest BCUT2D eigenvalue weighted by Gasteiger charge is -2.20. The molecule has 0 saturated heterocycles. The van der Waals surface area contributed by atoms with Crippen molar-refractivity contribution in [3.63, 3.8) is 0 Å². The summed E-state index contributed by atoms with van der Waals surface area (Å²) in [5.74, 6) is -0.787. The average molecular weight is 335 g/mol. The van der Waals surface area contributed by atoms with Crippen molar-refractivity contribution < 1.29 is 18.8 Å². The van der Waals surface area contributed by atoms with Crippen molar-refractivity contribution in [1.29, 1.82) is 0 Å². The summed E-state index contributed by atoms with van der Waals surface area (Å²) in [4.78, 5) is 29.2. The van der Waals surface area contributed by atoms with Gasteiger partial charge in [0.15, 0.2) is 0 Å². The van der Waals surface area contributed by atoms with Gasteiger partial charge in [-0.2, -0.15) is 0 Å². The van der Waals surface area contributed by atoms with Gasteiger partial charge in [0.05, 0.1) is 5.71 Å². The fourth-order valence-electron chi connectivity index (χ4n) is 2.33. The van der Waals surface area contributed by atoms with E-state index in [0.29, 0.717) is 11.3 Å². The van der Waals surface area contributed by atoms with E-state index < -0.39 is 5.60 Å². The van der Waals surface area contributed by atoms with Crippen LogP contribution in [0.3, 0.4) is 0 Å². The van der Waals surface area contributed by atoms with Crippen molar-refractivity contribution in [2.75, 3.05) is 6.54 Å². The minimum atomic E-state index is -1.13. The van der Waals surface area contributed by atoms with E-state index in [2.05, 4.69) is 15.8 Å². The highest BCUT2D eigenvalue weighted by Gasteiger charge is 2.42. The normalized spacial score (nSPS) is 19.6. The van der Waals surface area contributed by atoms with E-state index in [4.69, 9.17) is 4.84 Å². The quantitative estimate of drug-likeness (QED) is 0.831. The molecule has 0 fully saturated rings. The Hall–Kier alpha value is -2.44. The van der Waals surface area contributed by atoms with Gasteiger partial charge in [-0.3, -0.25) is 9.59 Å². The third kappa shape index (κ3) is 4.53. The Balaban J connectivity index is 1.85. The van der Waals surface area contributed by atoms with E-state index in [1.54, 1.807) is 19.1 Å². The molecule has 0 bridgehead atoms. The number of halogens is 1. The van der Waals surface area contributed by atoms with Gasteiger partial charge in [0, 0.05) is 25.4 Å². The standard InChI is InChI=1S/C17H22FN3O3/c1-11(2)20-15(22)8-9-19-16(23)17(3)10-14(21-24-17)12-4-6-13(18)7-5-12/h4-7,11H,8-10H2,1-3H3,(H,19,23)(H,20,22)/t17-/m1/s1. The molecule has 0 aliphatic carbocycles. The van der Waals surface area contributed by atoms with Crippen molar-refractivity contribution in [2.45, 2.75) is 45.3 Å². The average Bonchev–Trinajstić information content (AvgIpc) is 2.91. The van der Waals surface area contributed by atoms with Crippen LogP contribution in [0, 0.1) is 5.82 Å². The Morgan fingerprint density at radius 1 is 1.33 bits per heavy atom. The van der Waals surface area contributed by atoms with Crippen LogP contribution in [0.25, 0.3) is 0 Å². The SMILES string of the molecule is CC(C)NC(=O)CCNC(=O)[C@@]1(C)CC(c2ccc(F)cc2)=NO1. The van der Waals surface area contributed by atoms with Gasteiger partial charge in [-0.25, -0.2) is 4.39 Å². The summed E-state index contributed by atoms with van der Waals surface area (Å²) in [6.45, 7) is 5.61. The van der Waals surface area contributed by atoms with E-state index in [1.165, 1.54) is 12.1 Å². The number of nitrogens with one attached hydrogen (secondary N) is 2. The summed E-state index contributed by atoms with van der Waals surface area (Å²) in [6.07, 6.45) is 0.480. The Bertz CT molecular complexity index is 643. The van der Waals surface area contributed by atoms with Crippen LogP contribution in [0.5, 0.6) is 0 Å². The monoisotopic (exact) mass is 335 g/mol. The molecule has 1 atom stereocenters. The Kier molecular flexibility index (Phi) is 5.54. The van der Waals surface area contributed by atoms with E-state index in [0.717, 1.165) is 0 Å². The maximum absolute atomic E-state index is 13.0. The molecule has 6 nitrogen and oxygen atoms in total. The summed E-state index contributed by atoms with van der Waals surface area (Å²) >= 11 is 0. The number of carbonyl (C=O) groups excluding carboxylic acids is 2. The van der Waals surface area contributed by atoms with Crippen LogP contribution in [-0.4, -0.2) is 35.7 Å². The number of carbonyl (C=O) groups is 2. The number of amides is 2. The van der Waals surface area contributed by atoms with Crippen LogP contribution >= 0.6 is 0 Å². The van der Waals surface area contributed by atoms with Crippen LogP contribution in [0.2, 0.25) is 0 Å². The molecule has 1 aliphatic heterocycles. The molecule has 0 saturated carbocycles. The predicted octanol–water partition coefficient (Wildman–Crippen LogP) is 1.74. The zero-order chi connectivity index (χ0) is 17.7. The zero-order valence-corrected chi connectivity index (χ0v) is 14.1. The lowest BCUT2D eigenvalue weighted by molar-refractivity contribution is -0.141. The van der Waals surface area contributed by atoms with Gasteiger partial charge in [-0.15, -0.1) is 0 Å². The summed E-state index contributed by atoms with van der Waals surface area (Å²) in [7, 11) is 0. The maximum Gasteiger partial charge on any atom is 0.267 e. The second kappa shape index (κ2) is 7.42. The van der Waals surface area contributed by atoms with Crippen LogP contribution in [0.1, 0.15) is 39.2 Å². The van der Waals surface area contributed by atoms with Gasteiger partial charge in [-0.1, -0.05) is 17.3 Å². The van der Waals surface area contributed by atoms with Crippen molar-refractivity contribution in [1.82, 2.24) is 10.6 Å². The minimum Gasteiger partial charge on any atom is -0.379 e. The second-order valence-electron chi connectivity index (χ2n) is 6.27. The lowest BCUT2D eigenvalue weighted by atomic mass is 9.95. The Morgan fingerprint density at radius 3 is 2.62 bits per heavy atom. The van der Waals surface area contributed by atoms with Crippen LogP contribution in [-0.2, 0) is 14.4 Å². The number of nitrogens with zero attached hydrogens (tertiary/aromatic N) is 1. The summed E-state index contributed by atoms with van der Waals surface area (Å²) in [6, 6.07) is 5.92. The number of hydrogen-bond donors (Lipinski definition) is 2. The molecule has 1 aromatic rings. The smallest absolute Gasteiger partial charge is 0.267 e. The summed E-state index contributed by atoms with van der Waals surface area (Å²) in [5.41, 5.74) is 0.174. The first-order chi connectivity index (χ1) is 11.3. The lowest BCUT2D eigenvalue weighted by Crippen LogP contribution is -2.46. The van der Waals surface area contributed by atoms with Crippen molar-refractivity contribution >= 4 is 17.5 Å². The number of oxime groups is 1. The molecule has 1 aromatic carbocycles. The van der Waals surface area contributed by atoms with Crippen molar-refractivity contribution in [3.8, 4) is 0 Å². The maximum atomic E-state index is 13.0. The molecular formula is C17H22FN3O3.